The average Bonchev–Trinajstić information content (AvgIpc) is 2.49. The van der Waals surface area contributed by atoms with Gasteiger partial charge in [-0.25, -0.2) is 19.3 Å². The van der Waals surface area contributed by atoms with E-state index < -0.39 is 0 Å². The Labute approximate surface area is 123 Å². The van der Waals surface area contributed by atoms with Crippen molar-refractivity contribution < 1.29 is 4.39 Å². The topological polar surface area (TPSA) is 45.2 Å². The van der Waals surface area contributed by atoms with Gasteiger partial charge < -0.3 is 4.90 Å². The molecule has 0 aliphatic carbocycles. The molecule has 0 N–H and O–H groups in total. The fraction of sp³-hybridized carbons (Fsp3) is 0.400. The molecule has 0 radical (unpaired) electrons. The fourth-order valence-electron chi connectivity index (χ4n) is 2.55. The number of aryl methyl sites for hydroxylation is 1. The molecule has 1 fully saturated rings. The molecule has 1 aliphatic heterocycles. The molecule has 3 rings (SSSR count). The summed E-state index contributed by atoms with van der Waals surface area (Å²) in [6.45, 7) is 6.07. The lowest BCUT2D eigenvalue weighted by Gasteiger charge is -2.35. The SMILES string of the molecule is Cc1cc(CN2CCN(c3ncccc3F)CC2)ncn1. The second kappa shape index (κ2) is 6.13. The van der Waals surface area contributed by atoms with Crippen LogP contribution in [-0.4, -0.2) is 46.0 Å². The van der Waals surface area contributed by atoms with Crippen molar-refractivity contribution in [2.45, 2.75) is 13.5 Å². The average molecular weight is 287 g/mol. The number of aromatic nitrogens is 3. The van der Waals surface area contributed by atoms with E-state index in [4.69, 9.17) is 0 Å². The number of hydrogen-bond acceptors (Lipinski definition) is 5. The number of hydrogen-bond donors (Lipinski definition) is 0. The molecule has 0 unspecified atom stereocenters. The summed E-state index contributed by atoms with van der Waals surface area (Å²) in [7, 11) is 0. The first-order valence-corrected chi connectivity index (χ1v) is 7.08. The molecule has 2 aromatic rings. The van der Waals surface area contributed by atoms with Crippen molar-refractivity contribution >= 4 is 5.82 Å². The normalized spacial score (nSPS) is 16.2. The molecule has 0 amide bonds. The number of halogens is 1. The van der Waals surface area contributed by atoms with Crippen molar-refractivity contribution in [1.82, 2.24) is 19.9 Å². The number of nitrogens with zero attached hydrogens (tertiary/aromatic N) is 5. The first-order chi connectivity index (χ1) is 10.2. The summed E-state index contributed by atoms with van der Waals surface area (Å²) in [6.07, 6.45) is 3.23. The number of anilines is 1. The maximum atomic E-state index is 13.7. The van der Waals surface area contributed by atoms with Gasteiger partial charge in [0, 0.05) is 44.6 Å². The Kier molecular flexibility index (Phi) is 4.06. The van der Waals surface area contributed by atoms with E-state index in [0.29, 0.717) is 5.82 Å². The zero-order valence-electron chi connectivity index (χ0n) is 12.0. The molecule has 1 saturated heterocycles. The van der Waals surface area contributed by atoms with Gasteiger partial charge in [0.25, 0.3) is 0 Å². The Balaban J connectivity index is 1.59. The smallest absolute Gasteiger partial charge is 0.165 e. The van der Waals surface area contributed by atoms with Gasteiger partial charge in [0.15, 0.2) is 11.6 Å². The highest BCUT2D eigenvalue weighted by atomic mass is 19.1. The first-order valence-electron chi connectivity index (χ1n) is 7.08. The molecule has 0 bridgehead atoms. The highest BCUT2D eigenvalue weighted by Gasteiger charge is 2.20. The Hall–Kier alpha value is -2.08. The minimum Gasteiger partial charge on any atom is -0.352 e. The van der Waals surface area contributed by atoms with E-state index in [1.165, 1.54) is 6.07 Å². The molecule has 1 aliphatic rings. The standard InChI is InChI=1S/C15H18FN5/c1-12-9-13(19-11-18-12)10-20-5-7-21(8-6-20)15-14(16)3-2-4-17-15/h2-4,9,11H,5-8,10H2,1H3. The molecular formula is C15H18FN5. The van der Waals surface area contributed by atoms with E-state index in [2.05, 4.69) is 19.9 Å². The predicted octanol–water partition coefficient (Wildman–Crippen LogP) is 1.64. The number of piperazine rings is 1. The number of rotatable bonds is 3. The molecule has 2 aromatic heterocycles. The highest BCUT2D eigenvalue weighted by molar-refractivity contribution is 5.40. The Morgan fingerprint density at radius 2 is 1.95 bits per heavy atom. The van der Waals surface area contributed by atoms with E-state index in [-0.39, 0.29) is 5.82 Å². The van der Waals surface area contributed by atoms with Crippen LogP contribution >= 0.6 is 0 Å². The van der Waals surface area contributed by atoms with E-state index >= 15 is 0 Å². The minimum atomic E-state index is -0.252. The Morgan fingerprint density at radius 3 is 2.67 bits per heavy atom. The summed E-state index contributed by atoms with van der Waals surface area (Å²) in [6, 6.07) is 5.08. The third kappa shape index (κ3) is 3.33. The Morgan fingerprint density at radius 1 is 1.14 bits per heavy atom. The summed E-state index contributed by atoms with van der Waals surface area (Å²) in [5.74, 6) is 0.201. The van der Waals surface area contributed by atoms with Crippen LogP contribution in [0.1, 0.15) is 11.4 Å². The van der Waals surface area contributed by atoms with Crippen LogP contribution in [0.15, 0.2) is 30.7 Å². The van der Waals surface area contributed by atoms with Crippen molar-refractivity contribution in [1.29, 1.82) is 0 Å². The summed E-state index contributed by atoms with van der Waals surface area (Å²) in [4.78, 5) is 16.8. The van der Waals surface area contributed by atoms with Crippen LogP contribution in [0, 0.1) is 12.7 Å². The third-order valence-electron chi connectivity index (χ3n) is 3.66. The Bertz CT molecular complexity index is 611. The van der Waals surface area contributed by atoms with Crippen LogP contribution in [0.3, 0.4) is 0 Å². The van der Waals surface area contributed by atoms with Crippen LogP contribution in [-0.2, 0) is 6.54 Å². The van der Waals surface area contributed by atoms with E-state index in [1.54, 1.807) is 18.6 Å². The van der Waals surface area contributed by atoms with Crippen LogP contribution < -0.4 is 4.90 Å². The van der Waals surface area contributed by atoms with Gasteiger partial charge >= 0.3 is 0 Å². The lowest BCUT2D eigenvalue weighted by molar-refractivity contribution is 0.245. The number of pyridine rings is 1. The lowest BCUT2D eigenvalue weighted by Crippen LogP contribution is -2.46. The quantitative estimate of drug-likeness (QED) is 0.859. The molecule has 21 heavy (non-hydrogen) atoms. The zero-order chi connectivity index (χ0) is 14.7. The van der Waals surface area contributed by atoms with Gasteiger partial charge in [-0.05, 0) is 25.1 Å². The van der Waals surface area contributed by atoms with Gasteiger partial charge in [-0.2, -0.15) is 0 Å². The minimum absolute atomic E-state index is 0.252. The summed E-state index contributed by atoms with van der Waals surface area (Å²) in [5.41, 5.74) is 2.01. The zero-order valence-corrected chi connectivity index (χ0v) is 12.0. The molecule has 0 aromatic carbocycles. The van der Waals surface area contributed by atoms with Gasteiger partial charge in [0.05, 0.1) is 5.69 Å². The summed E-state index contributed by atoms with van der Waals surface area (Å²) >= 11 is 0. The molecule has 0 spiro atoms. The molecular weight excluding hydrogens is 269 g/mol. The van der Waals surface area contributed by atoms with Crippen molar-refractivity contribution in [3.8, 4) is 0 Å². The molecule has 3 heterocycles. The summed E-state index contributed by atoms with van der Waals surface area (Å²) < 4.78 is 13.7. The van der Waals surface area contributed by atoms with Gasteiger partial charge in [-0.15, -0.1) is 0 Å². The fourth-order valence-corrected chi connectivity index (χ4v) is 2.55. The molecule has 110 valence electrons. The van der Waals surface area contributed by atoms with Crippen molar-refractivity contribution in [2.75, 3.05) is 31.1 Å². The second-order valence-electron chi connectivity index (χ2n) is 5.22. The van der Waals surface area contributed by atoms with E-state index in [9.17, 15) is 4.39 Å². The van der Waals surface area contributed by atoms with Crippen LogP contribution in [0.4, 0.5) is 10.2 Å². The maximum Gasteiger partial charge on any atom is 0.165 e. The highest BCUT2D eigenvalue weighted by Crippen LogP contribution is 2.17. The molecule has 0 saturated carbocycles. The van der Waals surface area contributed by atoms with Crippen LogP contribution in [0.25, 0.3) is 0 Å². The van der Waals surface area contributed by atoms with E-state index in [0.717, 1.165) is 44.1 Å². The van der Waals surface area contributed by atoms with Gasteiger partial charge in [0.2, 0.25) is 0 Å². The van der Waals surface area contributed by atoms with Crippen molar-refractivity contribution in [2.24, 2.45) is 0 Å². The predicted molar refractivity (Wildman–Crippen MR) is 78.5 cm³/mol. The maximum absolute atomic E-state index is 13.7. The van der Waals surface area contributed by atoms with E-state index in [1.807, 2.05) is 17.9 Å². The molecule has 6 heteroatoms. The monoisotopic (exact) mass is 287 g/mol. The third-order valence-corrected chi connectivity index (χ3v) is 3.66. The molecule has 5 nitrogen and oxygen atoms in total. The van der Waals surface area contributed by atoms with Gasteiger partial charge in [-0.3, -0.25) is 4.90 Å². The van der Waals surface area contributed by atoms with Crippen molar-refractivity contribution in [3.05, 3.63) is 47.9 Å². The van der Waals surface area contributed by atoms with Crippen LogP contribution in [0.5, 0.6) is 0 Å². The molecule has 0 atom stereocenters. The summed E-state index contributed by atoms with van der Waals surface area (Å²) in [5, 5.41) is 0. The van der Waals surface area contributed by atoms with Crippen LogP contribution in [0.2, 0.25) is 0 Å². The van der Waals surface area contributed by atoms with Crippen molar-refractivity contribution in [3.63, 3.8) is 0 Å². The second-order valence-corrected chi connectivity index (χ2v) is 5.22. The lowest BCUT2D eigenvalue weighted by atomic mass is 10.2. The first kappa shape index (κ1) is 13.9. The largest absolute Gasteiger partial charge is 0.352 e. The van der Waals surface area contributed by atoms with Gasteiger partial charge in [0.1, 0.15) is 6.33 Å². The van der Waals surface area contributed by atoms with Gasteiger partial charge in [-0.1, -0.05) is 0 Å².